The second-order valence-corrected chi connectivity index (χ2v) is 7.56. The largest absolute Gasteiger partial charge is 0.488 e. The Morgan fingerprint density at radius 1 is 1.10 bits per heavy atom. The topological polar surface area (TPSA) is 64.8 Å². The first kappa shape index (κ1) is 18.5. The molecule has 0 bridgehead atoms. The summed E-state index contributed by atoms with van der Waals surface area (Å²) in [5.41, 5.74) is 11.3. The fourth-order valence-electron chi connectivity index (χ4n) is 4.34. The summed E-state index contributed by atoms with van der Waals surface area (Å²) in [5, 5.41) is 0. The van der Waals surface area contributed by atoms with Crippen molar-refractivity contribution in [3.63, 3.8) is 0 Å². The SMILES string of the molecule is Nc1cc(F)c2c(c1)CN(C(=O)OCC1c3ccccc3-c3ccccc31)CCO2. The molecule has 0 spiro atoms. The Bertz CT molecular complexity index is 1090. The Kier molecular flexibility index (Phi) is 4.54. The number of nitrogens with two attached hydrogens (primary N) is 1. The zero-order chi connectivity index (χ0) is 20.7. The third-order valence-electron chi connectivity index (χ3n) is 5.71. The predicted octanol–water partition coefficient (Wildman–Crippen LogP) is 4.55. The molecule has 0 radical (unpaired) electrons. The van der Waals surface area contributed by atoms with Gasteiger partial charge in [-0.2, -0.15) is 0 Å². The standard InChI is InChI=1S/C24H21FN2O3/c25-22-12-16(26)11-15-13-27(9-10-29-23(15)22)24(28)30-14-21-19-7-3-1-5-17(19)18-6-2-4-8-20(18)21/h1-8,11-12,21H,9-10,13-14,26H2. The number of ether oxygens (including phenoxy) is 2. The van der Waals surface area contributed by atoms with Gasteiger partial charge in [-0.3, -0.25) is 0 Å². The maximum absolute atomic E-state index is 14.1. The van der Waals surface area contributed by atoms with Crippen molar-refractivity contribution in [1.29, 1.82) is 0 Å². The molecule has 6 heteroatoms. The van der Waals surface area contributed by atoms with E-state index in [4.69, 9.17) is 15.2 Å². The second kappa shape index (κ2) is 7.37. The van der Waals surface area contributed by atoms with Gasteiger partial charge >= 0.3 is 6.09 Å². The van der Waals surface area contributed by atoms with Gasteiger partial charge in [0.05, 0.1) is 13.1 Å². The maximum Gasteiger partial charge on any atom is 0.410 e. The quantitative estimate of drug-likeness (QED) is 0.637. The molecule has 30 heavy (non-hydrogen) atoms. The Labute approximate surface area is 173 Å². The van der Waals surface area contributed by atoms with E-state index in [-0.39, 0.29) is 31.4 Å². The summed E-state index contributed by atoms with van der Waals surface area (Å²) < 4.78 is 25.4. The van der Waals surface area contributed by atoms with Crippen LogP contribution in [0.4, 0.5) is 14.9 Å². The molecule has 1 aliphatic heterocycles. The van der Waals surface area contributed by atoms with Gasteiger partial charge in [-0.25, -0.2) is 9.18 Å². The molecule has 1 amide bonds. The van der Waals surface area contributed by atoms with Crippen LogP contribution in [0.15, 0.2) is 60.7 Å². The van der Waals surface area contributed by atoms with Crippen molar-refractivity contribution in [1.82, 2.24) is 4.90 Å². The van der Waals surface area contributed by atoms with Crippen LogP contribution in [-0.4, -0.2) is 30.8 Å². The summed E-state index contributed by atoms with van der Waals surface area (Å²) in [6, 6.07) is 19.2. The van der Waals surface area contributed by atoms with Crippen LogP contribution in [-0.2, 0) is 11.3 Å². The first-order chi connectivity index (χ1) is 14.6. The summed E-state index contributed by atoms with van der Waals surface area (Å²) in [6.45, 7) is 0.930. The molecule has 2 N–H and O–H groups in total. The Morgan fingerprint density at radius 2 is 1.77 bits per heavy atom. The van der Waals surface area contributed by atoms with Crippen LogP contribution >= 0.6 is 0 Å². The number of benzene rings is 3. The summed E-state index contributed by atoms with van der Waals surface area (Å²) in [6.07, 6.45) is -0.448. The summed E-state index contributed by atoms with van der Waals surface area (Å²) in [4.78, 5) is 14.4. The van der Waals surface area contributed by atoms with Crippen molar-refractivity contribution >= 4 is 11.8 Å². The lowest BCUT2D eigenvalue weighted by atomic mass is 9.98. The maximum atomic E-state index is 14.1. The highest BCUT2D eigenvalue weighted by atomic mass is 19.1. The number of hydrogen-bond acceptors (Lipinski definition) is 4. The number of carbonyl (C=O) groups is 1. The van der Waals surface area contributed by atoms with Gasteiger partial charge in [0.1, 0.15) is 13.2 Å². The second-order valence-electron chi connectivity index (χ2n) is 7.56. The number of carbonyl (C=O) groups excluding carboxylic acids is 1. The van der Waals surface area contributed by atoms with Gasteiger partial charge in [-0.1, -0.05) is 48.5 Å². The van der Waals surface area contributed by atoms with Crippen molar-refractivity contribution in [2.45, 2.75) is 12.5 Å². The highest BCUT2D eigenvalue weighted by Crippen LogP contribution is 2.44. The lowest BCUT2D eigenvalue weighted by Crippen LogP contribution is -2.33. The number of hydrogen-bond donors (Lipinski definition) is 1. The predicted molar refractivity (Wildman–Crippen MR) is 112 cm³/mol. The van der Waals surface area contributed by atoms with E-state index in [1.54, 1.807) is 6.07 Å². The van der Waals surface area contributed by atoms with Crippen molar-refractivity contribution in [3.8, 4) is 16.9 Å². The zero-order valence-corrected chi connectivity index (χ0v) is 16.3. The molecule has 1 heterocycles. The van der Waals surface area contributed by atoms with E-state index in [0.29, 0.717) is 17.8 Å². The number of anilines is 1. The monoisotopic (exact) mass is 404 g/mol. The molecule has 5 rings (SSSR count). The van der Waals surface area contributed by atoms with Gasteiger partial charge in [-0.05, 0) is 28.3 Å². The van der Waals surface area contributed by atoms with E-state index in [1.807, 2.05) is 24.3 Å². The van der Waals surface area contributed by atoms with Crippen LogP contribution in [0.5, 0.6) is 5.75 Å². The molecule has 0 unspecified atom stereocenters. The van der Waals surface area contributed by atoms with E-state index in [2.05, 4.69) is 24.3 Å². The molecule has 3 aromatic rings. The third-order valence-corrected chi connectivity index (χ3v) is 5.71. The van der Waals surface area contributed by atoms with Gasteiger partial charge in [0, 0.05) is 23.2 Å². The molecule has 0 saturated heterocycles. The van der Waals surface area contributed by atoms with E-state index in [1.165, 1.54) is 22.1 Å². The Morgan fingerprint density at radius 3 is 2.47 bits per heavy atom. The van der Waals surface area contributed by atoms with Gasteiger partial charge in [0.25, 0.3) is 0 Å². The number of nitrogens with zero attached hydrogens (tertiary/aromatic N) is 1. The molecule has 0 atom stereocenters. The van der Waals surface area contributed by atoms with E-state index >= 15 is 0 Å². The average Bonchev–Trinajstić information content (AvgIpc) is 2.89. The molecule has 152 valence electrons. The van der Waals surface area contributed by atoms with Crippen molar-refractivity contribution in [3.05, 3.63) is 83.2 Å². The van der Waals surface area contributed by atoms with Crippen molar-refractivity contribution in [2.75, 3.05) is 25.5 Å². The van der Waals surface area contributed by atoms with Crippen LogP contribution in [0, 0.1) is 5.82 Å². The molecule has 5 nitrogen and oxygen atoms in total. The number of nitrogen functional groups attached to an aromatic ring is 1. The molecule has 0 aromatic heterocycles. The zero-order valence-electron chi connectivity index (χ0n) is 16.3. The van der Waals surface area contributed by atoms with Crippen LogP contribution in [0.2, 0.25) is 0 Å². The van der Waals surface area contributed by atoms with Crippen LogP contribution in [0.1, 0.15) is 22.6 Å². The van der Waals surface area contributed by atoms with Gasteiger partial charge in [0.15, 0.2) is 11.6 Å². The smallest absolute Gasteiger partial charge is 0.410 e. The molecule has 0 fully saturated rings. The minimum Gasteiger partial charge on any atom is -0.488 e. The third kappa shape index (κ3) is 3.14. The molecule has 1 aliphatic carbocycles. The van der Waals surface area contributed by atoms with Gasteiger partial charge in [0.2, 0.25) is 0 Å². The minimum absolute atomic E-state index is 0.00930. The highest BCUT2D eigenvalue weighted by molar-refractivity contribution is 5.79. The van der Waals surface area contributed by atoms with E-state index in [0.717, 1.165) is 11.1 Å². The van der Waals surface area contributed by atoms with Crippen molar-refractivity contribution < 1.29 is 18.7 Å². The number of rotatable bonds is 2. The molecule has 3 aromatic carbocycles. The first-order valence-electron chi connectivity index (χ1n) is 9.92. The molecular weight excluding hydrogens is 383 g/mol. The summed E-state index contributed by atoms with van der Waals surface area (Å²) in [7, 11) is 0. The Hall–Kier alpha value is -3.54. The van der Waals surface area contributed by atoms with E-state index < -0.39 is 11.9 Å². The fourth-order valence-corrected chi connectivity index (χ4v) is 4.34. The average molecular weight is 404 g/mol. The van der Waals surface area contributed by atoms with Crippen molar-refractivity contribution in [2.24, 2.45) is 0 Å². The number of amides is 1. The Balaban J connectivity index is 1.34. The fraction of sp³-hybridized carbons (Fsp3) is 0.208. The van der Waals surface area contributed by atoms with E-state index in [9.17, 15) is 9.18 Å². The lowest BCUT2D eigenvalue weighted by Gasteiger charge is -2.21. The van der Waals surface area contributed by atoms with Gasteiger partial charge < -0.3 is 20.1 Å². The summed E-state index contributed by atoms with van der Waals surface area (Å²) in [5.74, 6) is -0.373. The van der Waals surface area contributed by atoms with Gasteiger partial charge in [-0.15, -0.1) is 0 Å². The summed E-state index contributed by atoms with van der Waals surface area (Å²) >= 11 is 0. The molecule has 2 aliphatic rings. The molecular formula is C24H21FN2O3. The van der Waals surface area contributed by atoms with Crippen LogP contribution in [0.3, 0.4) is 0 Å². The lowest BCUT2D eigenvalue weighted by molar-refractivity contribution is 0.0947. The van der Waals surface area contributed by atoms with Crippen LogP contribution < -0.4 is 10.5 Å². The minimum atomic E-state index is -0.514. The molecule has 0 saturated carbocycles. The van der Waals surface area contributed by atoms with Crippen LogP contribution in [0.25, 0.3) is 11.1 Å². The number of halogens is 1. The number of fused-ring (bicyclic) bond motifs is 4. The first-order valence-corrected chi connectivity index (χ1v) is 9.92. The highest BCUT2D eigenvalue weighted by Gasteiger charge is 2.30. The normalized spacial score (nSPS) is 14.9.